The van der Waals surface area contributed by atoms with E-state index in [1.54, 1.807) is 6.07 Å². The fourth-order valence-corrected chi connectivity index (χ4v) is 3.37. The number of hydrogen-bond donors (Lipinski definition) is 0. The predicted octanol–water partition coefficient (Wildman–Crippen LogP) is 2.27. The van der Waals surface area contributed by atoms with Crippen molar-refractivity contribution in [3.8, 4) is 11.5 Å². The number of furan rings is 1. The summed E-state index contributed by atoms with van der Waals surface area (Å²) in [6, 6.07) is 9.49. The summed E-state index contributed by atoms with van der Waals surface area (Å²) in [5.41, 5.74) is 0.620. The SMILES string of the molecule is O=C(c1ccoc1)N1CCCN(C[C@H]2COc3ccccc3O2)CC1. The molecule has 0 bridgehead atoms. The Morgan fingerprint density at radius 1 is 1.08 bits per heavy atom. The van der Waals surface area contributed by atoms with Gasteiger partial charge in [0, 0.05) is 32.7 Å². The van der Waals surface area contributed by atoms with E-state index in [0.717, 1.165) is 44.1 Å². The summed E-state index contributed by atoms with van der Waals surface area (Å²) < 4.78 is 16.9. The Balaban J connectivity index is 1.32. The van der Waals surface area contributed by atoms with Gasteiger partial charge in [-0.25, -0.2) is 0 Å². The maximum atomic E-state index is 12.5. The van der Waals surface area contributed by atoms with Gasteiger partial charge in [0.25, 0.3) is 5.91 Å². The van der Waals surface area contributed by atoms with E-state index in [0.29, 0.717) is 18.7 Å². The van der Waals surface area contributed by atoms with Crippen LogP contribution in [0.4, 0.5) is 0 Å². The molecule has 1 saturated heterocycles. The van der Waals surface area contributed by atoms with Crippen molar-refractivity contribution < 1.29 is 18.7 Å². The molecule has 3 heterocycles. The largest absolute Gasteiger partial charge is 0.486 e. The minimum atomic E-state index is 0.0195. The van der Waals surface area contributed by atoms with E-state index in [-0.39, 0.29) is 12.0 Å². The lowest BCUT2D eigenvalue weighted by Gasteiger charge is -2.30. The fraction of sp³-hybridized carbons (Fsp3) is 0.421. The summed E-state index contributed by atoms with van der Waals surface area (Å²) in [5.74, 6) is 1.67. The molecule has 132 valence electrons. The van der Waals surface area contributed by atoms with E-state index in [2.05, 4.69) is 4.90 Å². The third-order valence-corrected chi connectivity index (χ3v) is 4.67. The first-order valence-corrected chi connectivity index (χ1v) is 8.72. The second-order valence-electron chi connectivity index (χ2n) is 6.46. The molecule has 6 nitrogen and oxygen atoms in total. The van der Waals surface area contributed by atoms with E-state index < -0.39 is 0 Å². The smallest absolute Gasteiger partial charge is 0.257 e. The molecule has 0 aliphatic carbocycles. The van der Waals surface area contributed by atoms with E-state index in [4.69, 9.17) is 13.9 Å². The van der Waals surface area contributed by atoms with Gasteiger partial charge in [0.15, 0.2) is 11.5 Å². The Labute approximate surface area is 146 Å². The molecule has 0 radical (unpaired) electrons. The summed E-state index contributed by atoms with van der Waals surface area (Å²) in [5, 5.41) is 0. The molecule has 0 N–H and O–H groups in total. The maximum absolute atomic E-state index is 12.5. The van der Waals surface area contributed by atoms with Crippen molar-refractivity contribution in [2.45, 2.75) is 12.5 Å². The number of amides is 1. The van der Waals surface area contributed by atoms with Gasteiger partial charge in [0.1, 0.15) is 19.0 Å². The van der Waals surface area contributed by atoms with Crippen LogP contribution >= 0.6 is 0 Å². The van der Waals surface area contributed by atoms with Gasteiger partial charge in [-0.15, -0.1) is 0 Å². The number of carbonyl (C=O) groups excluding carboxylic acids is 1. The number of nitrogens with zero attached hydrogens (tertiary/aromatic N) is 2. The van der Waals surface area contributed by atoms with Crippen molar-refractivity contribution in [1.29, 1.82) is 0 Å². The Bertz CT molecular complexity index is 716. The molecule has 0 spiro atoms. The summed E-state index contributed by atoms with van der Waals surface area (Å²) in [6.07, 6.45) is 4.02. The molecule has 1 fully saturated rings. The lowest BCUT2D eigenvalue weighted by atomic mass is 10.2. The highest BCUT2D eigenvalue weighted by Crippen LogP contribution is 2.31. The van der Waals surface area contributed by atoms with Crippen molar-refractivity contribution in [3.05, 3.63) is 48.4 Å². The molecule has 0 unspecified atom stereocenters. The zero-order chi connectivity index (χ0) is 17.1. The molecule has 2 aliphatic heterocycles. The Morgan fingerprint density at radius 3 is 2.80 bits per heavy atom. The van der Waals surface area contributed by atoms with E-state index >= 15 is 0 Å². The zero-order valence-corrected chi connectivity index (χ0v) is 14.1. The Hall–Kier alpha value is -2.47. The predicted molar refractivity (Wildman–Crippen MR) is 92.0 cm³/mol. The normalized spacial score (nSPS) is 21.0. The van der Waals surface area contributed by atoms with Crippen molar-refractivity contribution in [2.24, 2.45) is 0 Å². The van der Waals surface area contributed by atoms with Gasteiger partial charge in [0.05, 0.1) is 11.8 Å². The first-order chi connectivity index (χ1) is 12.3. The quantitative estimate of drug-likeness (QED) is 0.856. The highest BCUT2D eigenvalue weighted by atomic mass is 16.6. The maximum Gasteiger partial charge on any atom is 0.257 e. The van der Waals surface area contributed by atoms with Crippen LogP contribution in [-0.4, -0.2) is 61.1 Å². The molecule has 1 aromatic carbocycles. The molecule has 2 aromatic rings. The minimum Gasteiger partial charge on any atom is -0.486 e. The van der Waals surface area contributed by atoms with Crippen LogP contribution < -0.4 is 9.47 Å². The van der Waals surface area contributed by atoms with Gasteiger partial charge < -0.3 is 18.8 Å². The van der Waals surface area contributed by atoms with Crippen LogP contribution in [0.2, 0.25) is 0 Å². The zero-order valence-electron chi connectivity index (χ0n) is 14.1. The highest BCUT2D eigenvalue weighted by molar-refractivity contribution is 5.93. The summed E-state index contributed by atoms with van der Waals surface area (Å²) in [6.45, 7) is 4.65. The molecular weight excluding hydrogens is 320 g/mol. The molecule has 4 rings (SSSR count). The Morgan fingerprint density at radius 2 is 1.96 bits per heavy atom. The molecule has 6 heteroatoms. The number of fused-ring (bicyclic) bond motifs is 1. The first kappa shape index (κ1) is 16.0. The minimum absolute atomic E-state index is 0.0195. The van der Waals surface area contributed by atoms with Crippen LogP contribution in [0.1, 0.15) is 16.8 Å². The van der Waals surface area contributed by atoms with E-state index in [1.165, 1.54) is 12.5 Å². The van der Waals surface area contributed by atoms with Crippen molar-refractivity contribution in [2.75, 3.05) is 39.3 Å². The lowest BCUT2D eigenvalue weighted by molar-refractivity contribution is 0.0588. The van der Waals surface area contributed by atoms with E-state index in [9.17, 15) is 4.79 Å². The van der Waals surface area contributed by atoms with Gasteiger partial charge in [-0.05, 0) is 24.6 Å². The first-order valence-electron chi connectivity index (χ1n) is 8.72. The number of carbonyl (C=O) groups is 1. The second kappa shape index (κ2) is 7.19. The Kier molecular flexibility index (Phi) is 4.61. The molecule has 1 aromatic heterocycles. The van der Waals surface area contributed by atoms with Crippen LogP contribution in [0.25, 0.3) is 0 Å². The van der Waals surface area contributed by atoms with Gasteiger partial charge in [-0.1, -0.05) is 12.1 Å². The summed E-state index contributed by atoms with van der Waals surface area (Å²) >= 11 is 0. The second-order valence-corrected chi connectivity index (χ2v) is 6.46. The summed E-state index contributed by atoms with van der Waals surface area (Å²) in [4.78, 5) is 16.7. The number of benzene rings is 1. The van der Waals surface area contributed by atoms with Gasteiger partial charge in [0.2, 0.25) is 0 Å². The lowest BCUT2D eigenvalue weighted by Crippen LogP contribution is -2.42. The summed E-state index contributed by atoms with van der Waals surface area (Å²) in [7, 11) is 0. The number of ether oxygens (including phenoxy) is 2. The number of rotatable bonds is 3. The monoisotopic (exact) mass is 342 g/mol. The average Bonchev–Trinajstić information content (AvgIpc) is 3.08. The molecular formula is C19H22N2O4. The van der Waals surface area contributed by atoms with Crippen LogP contribution in [0.3, 0.4) is 0 Å². The van der Waals surface area contributed by atoms with Crippen molar-refractivity contribution in [3.63, 3.8) is 0 Å². The average molecular weight is 342 g/mol. The molecule has 0 saturated carbocycles. The molecule has 1 atom stereocenters. The third-order valence-electron chi connectivity index (χ3n) is 4.67. The topological polar surface area (TPSA) is 55.2 Å². The molecule has 25 heavy (non-hydrogen) atoms. The van der Waals surface area contributed by atoms with Crippen LogP contribution in [-0.2, 0) is 0 Å². The third kappa shape index (κ3) is 3.64. The van der Waals surface area contributed by atoms with Crippen molar-refractivity contribution >= 4 is 5.91 Å². The van der Waals surface area contributed by atoms with E-state index in [1.807, 2.05) is 29.2 Å². The van der Waals surface area contributed by atoms with Crippen LogP contribution in [0.15, 0.2) is 47.3 Å². The van der Waals surface area contributed by atoms with Crippen LogP contribution in [0, 0.1) is 0 Å². The van der Waals surface area contributed by atoms with Gasteiger partial charge in [-0.2, -0.15) is 0 Å². The fourth-order valence-electron chi connectivity index (χ4n) is 3.37. The molecule has 2 aliphatic rings. The number of hydrogen-bond acceptors (Lipinski definition) is 5. The van der Waals surface area contributed by atoms with Gasteiger partial charge >= 0.3 is 0 Å². The van der Waals surface area contributed by atoms with Crippen LogP contribution in [0.5, 0.6) is 11.5 Å². The van der Waals surface area contributed by atoms with Crippen molar-refractivity contribution in [1.82, 2.24) is 9.80 Å². The molecule has 1 amide bonds. The van der Waals surface area contributed by atoms with Gasteiger partial charge in [-0.3, -0.25) is 9.69 Å². The highest BCUT2D eigenvalue weighted by Gasteiger charge is 2.26. The standard InChI is InChI=1S/C19H22N2O4/c22-19(15-6-11-23-13-15)21-8-3-7-20(9-10-21)12-16-14-24-17-4-1-2-5-18(17)25-16/h1-2,4-6,11,13,16H,3,7-10,12,14H2/t16-/m0/s1. The number of para-hydroxylation sites is 2.